The summed E-state index contributed by atoms with van der Waals surface area (Å²) in [6.45, 7) is 0.199. The van der Waals surface area contributed by atoms with Gasteiger partial charge in [-0.2, -0.15) is 0 Å². The second kappa shape index (κ2) is 5.41. The third-order valence-corrected chi connectivity index (χ3v) is 2.10. The molecule has 0 unspecified atom stereocenters. The van der Waals surface area contributed by atoms with Crippen molar-refractivity contribution >= 4 is 23.9 Å². The minimum absolute atomic E-state index is 0.145. The Morgan fingerprint density at radius 1 is 1.47 bits per heavy atom. The molecule has 0 radical (unpaired) electrons. The van der Waals surface area contributed by atoms with Gasteiger partial charge in [-0.3, -0.25) is 10.3 Å². The lowest BCUT2D eigenvalue weighted by Crippen LogP contribution is -2.29. The van der Waals surface area contributed by atoms with Gasteiger partial charge >= 0.3 is 6.09 Å². The second-order valence-electron chi connectivity index (χ2n) is 2.92. The number of carbonyl (C=O) groups excluding carboxylic acids is 1. The molecule has 0 spiro atoms. The van der Waals surface area contributed by atoms with Gasteiger partial charge in [-0.15, -0.1) is 12.6 Å². The van der Waals surface area contributed by atoms with Gasteiger partial charge in [-0.1, -0.05) is 30.3 Å². The van der Waals surface area contributed by atoms with Crippen molar-refractivity contribution in [1.82, 2.24) is 4.90 Å². The molecule has 0 bridgehead atoms. The zero-order valence-corrected chi connectivity index (χ0v) is 9.20. The van der Waals surface area contributed by atoms with Crippen molar-refractivity contribution in [1.29, 1.82) is 5.41 Å². The molecule has 0 saturated carbocycles. The van der Waals surface area contributed by atoms with E-state index in [1.165, 1.54) is 7.05 Å². The molecule has 0 heterocycles. The van der Waals surface area contributed by atoms with Crippen molar-refractivity contribution in [2.24, 2.45) is 0 Å². The maximum atomic E-state index is 11.3. The molecular formula is C10H12N2O2S. The number of hydrogen-bond donors (Lipinski definition) is 2. The number of thiol groups is 1. The molecule has 1 aromatic carbocycles. The number of nitrogens with zero attached hydrogens (tertiary/aromatic N) is 1. The number of amidine groups is 1. The fraction of sp³-hybridized carbons (Fsp3) is 0.200. The third-order valence-electron chi connectivity index (χ3n) is 1.80. The summed E-state index contributed by atoms with van der Waals surface area (Å²) in [7, 11) is 1.43. The van der Waals surface area contributed by atoms with Crippen molar-refractivity contribution in [3.63, 3.8) is 0 Å². The second-order valence-corrected chi connectivity index (χ2v) is 3.35. The maximum Gasteiger partial charge on any atom is 0.415 e. The smallest absolute Gasteiger partial charge is 0.415 e. The lowest BCUT2D eigenvalue weighted by atomic mass is 10.2. The number of carbonyl (C=O) groups is 1. The van der Waals surface area contributed by atoms with E-state index in [-0.39, 0.29) is 11.8 Å². The van der Waals surface area contributed by atoms with Crippen LogP contribution >= 0.6 is 12.6 Å². The molecule has 80 valence electrons. The van der Waals surface area contributed by atoms with E-state index in [0.717, 1.165) is 10.5 Å². The molecule has 0 aliphatic rings. The average molecular weight is 224 g/mol. The van der Waals surface area contributed by atoms with E-state index in [1.54, 1.807) is 0 Å². The zero-order chi connectivity index (χ0) is 11.3. The quantitative estimate of drug-likeness (QED) is 0.459. The van der Waals surface area contributed by atoms with E-state index in [4.69, 9.17) is 10.1 Å². The first-order valence-corrected chi connectivity index (χ1v) is 4.78. The monoisotopic (exact) mass is 224 g/mol. The Bertz CT molecular complexity index is 354. The molecule has 1 aromatic rings. The molecule has 0 saturated heterocycles. The van der Waals surface area contributed by atoms with Crippen molar-refractivity contribution < 1.29 is 9.53 Å². The Kier molecular flexibility index (Phi) is 4.17. The van der Waals surface area contributed by atoms with Gasteiger partial charge in [0.2, 0.25) is 0 Å². The summed E-state index contributed by atoms with van der Waals surface area (Å²) in [5.41, 5.74) is 0.907. The minimum Gasteiger partial charge on any atom is -0.444 e. The van der Waals surface area contributed by atoms with Crippen molar-refractivity contribution in [3.05, 3.63) is 35.9 Å². The fourth-order valence-corrected chi connectivity index (χ4v) is 0.984. The summed E-state index contributed by atoms with van der Waals surface area (Å²) in [5, 5.41) is 6.96. The number of hydrogen-bond acceptors (Lipinski definition) is 3. The van der Waals surface area contributed by atoms with Crippen LogP contribution in [-0.4, -0.2) is 23.2 Å². The molecule has 0 aliphatic carbocycles. The Morgan fingerprint density at radius 3 is 2.60 bits per heavy atom. The van der Waals surface area contributed by atoms with Crippen molar-refractivity contribution in [2.75, 3.05) is 7.05 Å². The molecule has 1 rings (SSSR count). The van der Waals surface area contributed by atoms with Gasteiger partial charge in [-0.25, -0.2) is 4.79 Å². The Hall–Kier alpha value is -1.49. The molecule has 5 heteroatoms. The fourth-order valence-electron chi connectivity index (χ4n) is 0.903. The summed E-state index contributed by atoms with van der Waals surface area (Å²) < 4.78 is 4.95. The molecule has 15 heavy (non-hydrogen) atoms. The Morgan fingerprint density at radius 2 is 2.07 bits per heavy atom. The molecule has 1 amide bonds. The highest BCUT2D eigenvalue weighted by molar-refractivity contribution is 7.96. The summed E-state index contributed by atoms with van der Waals surface area (Å²) >= 11 is 3.72. The number of amides is 1. The molecule has 4 nitrogen and oxygen atoms in total. The number of rotatable bonds is 2. The van der Waals surface area contributed by atoms with E-state index < -0.39 is 6.09 Å². The topological polar surface area (TPSA) is 53.4 Å². The molecular weight excluding hydrogens is 212 g/mol. The van der Waals surface area contributed by atoms with Crippen molar-refractivity contribution in [2.45, 2.75) is 6.61 Å². The highest BCUT2D eigenvalue weighted by Crippen LogP contribution is 2.03. The van der Waals surface area contributed by atoms with Gasteiger partial charge in [0.25, 0.3) is 0 Å². The van der Waals surface area contributed by atoms with Crippen LogP contribution < -0.4 is 0 Å². The molecule has 0 fully saturated rings. The van der Waals surface area contributed by atoms with E-state index >= 15 is 0 Å². The van der Waals surface area contributed by atoms with E-state index in [1.807, 2.05) is 30.3 Å². The largest absolute Gasteiger partial charge is 0.444 e. The summed E-state index contributed by atoms with van der Waals surface area (Å²) in [5.74, 6) is 0. The van der Waals surface area contributed by atoms with Gasteiger partial charge in [-0.05, 0) is 5.56 Å². The summed E-state index contributed by atoms with van der Waals surface area (Å²) in [4.78, 5) is 12.3. The van der Waals surface area contributed by atoms with Crippen LogP contribution in [0, 0.1) is 5.41 Å². The van der Waals surface area contributed by atoms with Crippen LogP contribution in [0.25, 0.3) is 0 Å². The minimum atomic E-state index is -0.584. The normalized spacial score (nSPS) is 9.47. The van der Waals surface area contributed by atoms with Gasteiger partial charge in [0.15, 0.2) is 5.17 Å². The van der Waals surface area contributed by atoms with Crippen LogP contribution in [0.1, 0.15) is 5.56 Å². The first-order chi connectivity index (χ1) is 7.11. The van der Waals surface area contributed by atoms with Crippen LogP contribution in [0.4, 0.5) is 4.79 Å². The van der Waals surface area contributed by atoms with Gasteiger partial charge in [0.1, 0.15) is 6.61 Å². The predicted octanol–water partition coefficient (Wildman–Crippen LogP) is 2.12. The van der Waals surface area contributed by atoms with Crippen LogP contribution in [-0.2, 0) is 11.3 Å². The first kappa shape index (κ1) is 11.6. The summed E-state index contributed by atoms with van der Waals surface area (Å²) in [6, 6.07) is 9.35. The van der Waals surface area contributed by atoms with Gasteiger partial charge in [0.05, 0.1) is 0 Å². The predicted molar refractivity (Wildman–Crippen MR) is 61.1 cm³/mol. The molecule has 0 aromatic heterocycles. The first-order valence-electron chi connectivity index (χ1n) is 4.33. The SMILES string of the molecule is CN(C(=N)S)C(=O)OCc1ccccc1. The summed E-state index contributed by atoms with van der Waals surface area (Å²) in [6.07, 6.45) is -0.584. The van der Waals surface area contributed by atoms with E-state index in [0.29, 0.717) is 0 Å². The molecule has 0 atom stereocenters. The van der Waals surface area contributed by atoms with E-state index in [2.05, 4.69) is 12.6 Å². The molecule has 0 aliphatic heterocycles. The Balaban J connectivity index is 2.44. The van der Waals surface area contributed by atoms with Crippen LogP contribution in [0.3, 0.4) is 0 Å². The zero-order valence-electron chi connectivity index (χ0n) is 8.30. The standard InChI is InChI=1S/C10H12N2O2S/c1-12(9(11)15)10(13)14-7-8-5-3-2-4-6-8/h2-6H,7H2,1H3,(H2,11,15). The third kappa shape index (κ3) is 3.63. The number of ether oxygens (including phenoxy) is 1. The number of benzene rings is 1. The van der Waals surface area contributed by atoms with Crippen LogP contribution in [0.5, 0.6) is 0 Å². The van der Waals surface area contributed by atoms with E-state index in [9.17, 15) is 4.79 Å². The average Bonchev–Trinajstić information content (AvgIpc) is 2.26. The maximum absolute atomic E-state index is 11.3. The lowest BCUT2D eigenvalue weighted by Gasteiger charge is -2.14. The van der Waals surface area contributed by atoms with Gasteiger partial charge < -0.3 is 4.74 Å². The van der Waals surface area contributed by atoms with Crippen LogP contribution in [0.15, 0.2) is 30.3 Å². The van der Waals surface area contributed by atoms with Crippen molar-refractivity contribution in [3.8, 4) is 0 Å². The number of nitrogens with one attached hydrogen (secondary N) is 1. The molecule has 1 N–H and O–H groups in total. The Labute approximate surface area is 93.8 Å². The highest BCUT2D eigenvalue weighted by atomic mass is 32.1. The lowest BCUT2D eigenvalue weighted by molar-refractivity contribution is 0.122. The van der Waals surface area contributed by atoms with Crippen LogP contribution in [0.2, 0.25) is 0 Å². The van der Waals surface area contributed by atoms with Gasteiger partial charge in [0, 0.05) is 7.05 Å². The highest BCUT2D eigenvalue weighted by Gasteiger charge is 2.11.